The summed E-state index contributed by atoms with van der Waals surface area (Å²) < 4.78 is 5.09. The van der Waals surface area contributed by atoms with Crippen LogP contribution in [0.5, 0.6) is 0 Å². The number of nitrogens with zero attached hydrogens (tertiary/aromatic N) is 3. The summed E-state index contributed by atoms with van der Waals surface area (Å²) in [5.41, 5.74) is 2.56. The lowest BCUT2D eigenvalue weighted by Gasteiger charge is -2.15. The Hall–Kier alpha value is -3.07. The van der Waals surface area contributed by atoms with Crippen LogP contribution >= 0.6 is 11.8 Å². The van der Waals surface area contributed by atoms with E-state index < -0.39 is 0 Å². The summed E-state index contributed by atoms with van der Waals surface area (Å²) in [6, 6.07) is 11.4. The van der Waals surface area contributed by atoms with Gasteiger partial charge in [-0.15, -0.1) is 11.8 Å². The molecule has 1 aromatic heterocycles. The van der Waals surface area contributed by atoms with Crippen molar-refractivity contribution >= 4 is 29.2 Å². The fourth-order valence-electron chi connectivity index (χ4n) is 2.61. The molecule has 1 heterocycles. The third kappa shape index (κ3) is 5.01. The average molecular weight is 395 g/mol. The molecule has 7 nitrogen and oxygen atoms in total. The summed E-state index contributed by atoms with van der Waals surface area (Å²) >= 11 is 1.41. The van der Waals surface area contributed by atoms with E-state index in [2.05, 4.69) is 27.8 Å². The van der Waals surface area contributed by atoms with Gasteiger partial charge >= 0.3 is 0 Å². The average Bonchev–Trinajstić information content (AvgIpc) is 2.68. The summed E-state index contributed by atoms with van der Waals surface area (Å²) in [6.07, 6.45) is 0. The topological polar surface area (TPSA) is 111 Å². The quantitative estimate of drug-likeness (QED) is 0.519. The zero-order valence-corrected chi connectivity index (χ0v) is 16.8. The maximum absolute atomic E-state index is 11.2. The minimum atomic E-state index is -0.168. The van der Waals surface area contributed by atoms with E-state index in [1.165, 1.54) is 18.7 Å². The second-order valence-electron chi connectivity index (χ2n) is 5.74. The van der Waals surface area contributed by atoms with Gasteiger partial charge < -0.3 is 15.4 Å². The summed E-state index contributed by atoms with van der Waals surface area (Å²) in [6.45, 7) is 4.47. The van der Waals surface area contributed by atoms with Gasteiger partial charge in [-0.25, -0.2) is 4.98 Å². The zero-order valence-electron chi connectivity index (χ0n) is 16.0. The number of hydrogen-bond donors (Lipinski definition) is 2. The Morgan fingerprint density at radius 3 is 2.43 bits per heavy atom. The third-order valence-corrected chi connectivity index (χ3v) is 4.69. The fraction of sp³-hybridized carbons (Fsp3) is 0.300. The van der Waals surface area contributed by atoms with E-state index in [1.54, 1.807) is 31.4 Å². The number of carbonyl (C=O) groups is 1. The van der Waals surface area contributed by atoms with Crippen LogP contribution in [0.25, 0.3) is 11.1 Å². The number of thioether (sulfide) groups is 1. The van der Waals surface area contributed by atoms with Gasteiger partial charge in [0.25, 0.3) is 0 Å². The van der Waals surface area contributed by atoms with Crippen molar-refractivity contribution in [2.45, 2.75) is 18.9 Å². The largest absolute Gasteiger partial charge is 0.384 e. The second-order valence-corrected chi connectivity index (χ2v) is 6.83. The molecule has 144 valence electrons. The van der Waals surface area contributed by atoms with Crippen molar-refractivity contribution in [1.82, 2.24) is 4.98 Å². The molecule has 8 heteroatoms. The molecule has 0 spiro atoms. The maximum atomic E-state index is 11.2. The van der Waals surface area contributed by atoms with Crippen molar-refractivity contribution < 1.29 is 9.53 Å². The van der Waals surface area contributed by atoms with Gasteiger partial charge in [-0.05, 0) is 24.6 Å². The van der Waals surface area contributed by atoms with Crippen LogP contribution in [0.4, 0.5) is 11.5 Å². The Labute approximate surface area is 168 Å². The van der Waals surface area contributed by atoms with Gasteiger partial charge in [0.15, 0.2) is 0 Å². The number of nitrogens with one attached hydrogen (secondary N) is 2. The number of ether oxygens (including phenoxy) is 1. The van der Waals surface area contributed by atoms with Crippen LogP contribution in [-0.4, -0.2) is 36.9 Å². The van der Waals surface area contributed by atoms with Crippen LogP contribution in [0.2, 0.25) is 0 Å². The lowest BCUT2D eigenvalue weighted by atomic mass is 9.96. The van der Waals surface area contributed by atoms with Crippen LogP contribution in [0.3, 0.4) is 0 Å². The lowest BCUT2D eigenvalue weighted by Crippen LogP contribution is -2.08. The van der Waals surface area contributed by atoms with E-state index in [9.17, 15) is 15.3 Å². The molecule has 0 saturated carbocycles. The van der Waals surface area contributed by atoms with E-state index in [4.69, 9.17) is 4.74 Å². The highest BCUT2D eigenvalue weighted by Crippen LogP contribution is 2.36. The van der Waals surface area contributed by atoms with Gasteiger partial charge in [-0.1, -0.05) is 12.1 Å². The monoisotopic (exact) mass is 395 g/mol. The molecule has 28 heavy (non-hydrogen) atoms. The smallest absolute Gasteiger partial charge is 0.221 e. The first-order chi connectivity index (χ1) is 13.5. The number of rotatable bonds is 8. The van der Waals surface area contributed by atoms with Crippen LogP contribution in [0, 0.1) is 22.7 Å². The van der Waals surface area contributed by atoms with Crippen molar-refractivity contribution in [2.75, 3.05) is 36.6 Å². The predicted octanol–water partition coefficient (Wildman–Crippen LogP) is 3.62. The molecular formula is C20H21N5O2S. The first kappa shape index (κ1) is 21.2. The van der Waals surface area contributed by atoms with E-state index in [0.29, 0.717) is 57.7 Å². The Morgan fingerprint density at radius 2 is 1.89 bits per heavy atom. The summed E-state index contributed by atoms with van der Waals surface area (Å²) in [5.74, 6) is 0.916. The lowest BCUT2D eigenvalue weighted by molar-refractivity contribution is -0.114. The minimum absolute atomic E-state index is 0.168. The summed E-state index contributed by atoms with van der Waals surface area (Å²) in [7, 11) is 1.62. The number of methoxy groups -OCH3 is 1. The van der Waals surface area contributed by atoms with E-state index >= 15 is 0 Å². The molecule has 1 aromatic carbocycles. The van der Waals surface area contributed by atoms with Crippen molar-refractivity contribution in [3.63, 3.8) is 0 Å². The van der Waals surface area contributed by atoms with Crippen molar-refractivity contribution in [3.05, 3.63) is 35.4 Å². The van der Waals surface area contributed by atoms with Crippen LogP contribution in [0.15, 0.2) is 29.3 Å². The van der Waals surface area contributed by atoms with Gasteiger partial charge in [0, 0.05) is 37.6 Å². The number of pyridine rings is 1. The van der Waals surface area contributed by atoms with E-state index in [1.807, 2.05) is 6.92 Å². The van der Waals surface area contributed by atoms with Gasteiger partial charge in [0.05, 0.1) is 12.2 Å². The summed E-state index contributed by atoms with van der Waals surface area (Å²) in [5, 5.41) is 25.9. The molecule has 0 aliphatic carbocycles. The molecule has 0 fully saturated rings. The Morgan fingerprint density at radius 1 is 1.21 bits per heavy atom. The second kappa shape index (κ2) is 10.3. The van der Waals surface area contributed by atoms with Gasteiger partial charge in [-0.2, -0.15) is 10.5 Å². The SMILES string of the molecule is CCNc1nc(SCCOC)c(C#N)c(-c2ccc(NC(C)=O)cc2)c1C#N. The van der Waals surface area contributed by atoms with Crippen molar-refractivity contribution in [3.8, 4) is 23.3 Å². The Kier molecular flexibility index (Phi) is 7.82. The molecule has 0 atom stereocenters. The maximum Gasteiger partial charge on any atom is 0.221 e. The molecule has 0 radical (unpaired) electrons. The van der Waals surface area contributed by atoms with Crippen LogP contribution < -0.4 is 10.6 Å². The number of nitriles is 2. The summed E-state index contributed by atoms with van der Waals surface area (Å²) in [4.78, 5) is 15.7. The Balaban J connectivity index is 2.63. The van der Waals surface area contributed by atoms with Crippen LogP contribution in [0.1, 0.15) is 25.0 Å². The van der Waals surface area contributed by atoms with E-state index in [0.717, 1.165) is 0 Å². The third-order valence-electron chi connectivity index (χ3n) is 3.75. The highest BCUT2D eigenvalue weighted by Gasteiger charge is 2.21. The van der Waals surface area contributed by atoms with Gasteiger partial charge in [-0.3, -0.25) is 4.79 Å². The van der Waals surface area contributed by atoms with Crippen molar-refractivity contribution in [1.29, 1.82) is 10.5 Å². The number of hydrogen-bond acceptors (Lipinski definition) is 7. The Bertz CT molecular complexity index is 930. The molecule has 0 unspecified atom stereocenters. The van der Waals surface area contributed by atoms with Gasteiger partial charge in [0.2, 0.25) is 5.91 Å². The fourth-order valence-corrected chi connectivity index (χ4v) is 3.50. The number of aromatic nitrogens is 1. The number of amides is 1. The normalized spacial score (nSPS) is 10.0. The number of benzene rings is 1. The highest BCUT2D eigenvalue weighted by molar-refractivity contribution is 7.99. The molecule has 0 bridgehead atoms. The molecule has 0 aliphatic rings. The molecule has 2 rings (SSSR count). The molecular weight excluding hydrogens is 374 g/mol. The number of anilines is 2. The number of carbonyl (C=O) groups excluding carboxylic acids is 1. The zero-order chi connectivity index (χ0) is 20.5. The first-order valence-corrected chi connectivity index (χ1v) is 9.66. The first-order valence-electron chi connectivity index (χ1n) is 8.67. The molecule has 0 aliphatic heterocycles. The molecule has 2 N–H and O–H groups in total. The minimum Gasteiger partial charge on any atom is -0.384 e. The standard InChI is InChI=1S/C20H21N5O2S/c1-4-23-19-16(11-21)18(14-5-7-15(8-6-14)24-13(2)26)17(12-22)20(25-19)28-10-9-27-3/h5-8H,4,9-10H2,1-3H3,(H,23,25)(H,24,26). The van der Waals surface area contributed by atoms with Crippen LogP contribution in [-0.2, 0) is 9.53 Å². The molecule has 2 aromatic rings. The van der Waals surface area contributed by atoms with E-state index in [-0.39, 0.29) is 5.91 Å². The molecule has 0 saturated heterocycles. The predicted molar refractivity (Wildman–Crippen MR) is 110 cm³/mol. The molecule has 1 amide bonds. The highest BCUT2D eigenvalue weighted by atomic mass is 32.2. The van der Waals surface area contributed by atoms with Crippen molar-refractivity contribution in [2.24, 2.45) is 0 Å². The van der Waals surface area contributed by atoms with Gasteiger partial charge in [0.1, 0.15) is 28.5 Å².